The van der Waals surface area contributed by atoms with E-state index in [1.165, 1.54) is 26.0 Å². The van der Waals surface area contributed by atoms with Crippen LogP contribution in [-0.4, -0.2) is 117 Å². The minimum atomic E-state index is -2.36. The van der Waals surface area contributed by atoms with Gasteiger partial charge in [-0.15, -0.1) is 0 Å². The molecule has 1 saturated heterocycles. The molecule has 0 radical (unpaired) electrons. The Labute approximate surface area is 354 Å². The van der Waals surface area contributed by atoms with Gasteiger partial charge in [-0.05, 0) is 56.5 Å². The Hall–Kier alpha value is -4.87. The molecular formula is C45H57NO15. The van der Waals surface area contributed by atoms with Gasteiger partial charge < -0.3 is 54.2 Å². The molecule has 12 atom stereocenters. The van der Waals surface area contributed by atoms with Crippen molar-refractivity contribution < 1.29 is 72.8 Å². The summed E-state index contributed by atoms with van der Waals surface area (Å²) in [7, 11) is 0. The van der Waals surface area contributed by atoms with Crippen molar-refractivity contribution in [2.45, 2.75) is 141 Å². The van der Waals surface area contributed by atoms with Gasteiger partial charge in [0.05, 0.1) is 30.2 Å². The van der Waals surface area contributed by atoms with Crippen molar-refractivity contribution in [3.8, 4) is 0 Å². The number of ether oxygens (including phenoxy) is 6. The van der Waals surface area contributed by atoms with E-state index in [2.05, 4.69) is 5.32 Å². The topological polar surface area (TPSA) is 234 Å². The van der Waals surface area contributed by atoms with Crippen LogP contribution in [0.25, 0.3) is 0 Å². The van der Waals surface area contributed by atoms with Gasteiger partial charge in [-0.2, -0.15) is 0 Å². The standard InChI is InChI=1S/C45H57NO15/c1-23-28(58-39(53)33(50)32(26-16-12-10-13-17-26)46-40(54)61-41(4,5)6)21-45(55)37(59-38(52)27-18-14-11-15-19-27)35-43(9,29(49)20-30-44(35,22-56-30)60-25(3)48)36(51)34(57-24(2)47)31(23)42(45,7)8/h10-19,28-30,32-37,49-51,55H,20-22H2,1-9H3,(H,46,54)/t28-,29-,30+,32-,33+,34+,35-,36-,37-,43+,44-,45+/m0/s1. The molecule has 61 heavy (non-hydrogen) atoms. The summed E-state index contributed by atoms with van der Waals surface area (Å²) in [6.07, 6.45) is -12.8. The summed E-state index contributed by atoms with van der Waals surface area (Å²) >= 11 is 0. The van der Waals surface area contributed by atoms with Crippen molar-refractivity contribution >= 4 is 30.0 Å². The molecule has 4 aliphatic rings. The van der Waals surface area contributed by atoms with Crippen LogP contribution in [0.1, 0.15) is 97.1 Å². The third-order valence-corrected chi connectivity index (χ3v) is 13.1. The molecule has 6 rings (SSSR count). The molecule has 332 valence electrons. The summed E-state index contributed by atoms with van der Waals surface area (Å²) in [5.41, 5.74) is -7.74. The summed E-state index contributed by atoms with van der Waals surface area (Å²) < 4.78 is 35.8. The zero-order valence-corrected chi connectivity index (χ0v) is 35.9. The minimum Gasteiger partial charge on any atom is -0.456 e. The number of aliphatic hydroxyl groups excluding tert-OH is 3. The number of alkyl carbamates (subject to hydrolysis) is 1. The average molecular weight is 852 g/mol. The van der Waals surface area contributed by atoms with Crippen LogP contribution in [0.3, 0.4) is 0 Å². The molecule has 1 aliphatic heterocycles. The second-order valence-electron chi connectivity index (χ2n) is 18.4. The van der Waals surface area contributed by atoms with E-state index in [0.29, 0.717) is 5.56 Å². The van der Waals surface area contributed by atoms with E-state index in [9.17, 15) is 44.4 Å². The van der Waals surface area contributed by atoms with Gasteiger partial charge in [0.1, 0.15) is 35.6 Å². The van der Waals surface area contributed by atoms with Gasteiger partial charge in [0.15, 0.2) is 17.8 Å². The molecule has 16 nitrogen and oxygen atoms in total. The second-order valence-corrected chi connectivity index (χ2v) is 18.4. The molecule has 3 fully saturated rings. The fraction of sp³-hybridized carbons (Fsp3) is 0.578. The molecule has 0 unspecified atom stereocenters. The predicted octanol–water partition coefficient (Wildman–Crippen LogP) is 3.62. The smallest absolute Gasteiger partial charge is 0.408 e. The fourth-order valence-electron chi connectivity index (χ4n) is 10.0. The maximum Gasteiger partial charge on any atom is 0.408 e. The maximum atomic E-state index is 14.3. The highest BCUT2D eigenvalue weighted by molar-refractivity contribution is 5.89. The van der Waals surface area contributed by atoms with Crippen LogP contribution in [0.4, 0.5) is 4.79 Å². The summed E-state index contributed by atoms with van der Waals surface area (Å²) in [6.45, 7) is 13.2. The Kier molecular flexibility index (Phi) is 12.3. The van der Waals surface area contributed by atoms with Crippen LogP contribution in [0.15, 0.2) is 71.8 Å². The van der Waals surface area contributed by atoms with E-state index in [0.717, 1.165) is 6.92 Å². The Morgan fingerprint density at radius 1 is 0.885 bits per heavy atom. The molecule has 16 heteroatoms. The molecule has 1 heterocycles. The highest BCUT2D eigenvalue weighted by Gasteiger charge is 2.78. The highest BCUT2D eigenvalue weighted by Crippen LogP contribution is 2.65. The van der Waals surface area contributed by atoms with Crippen molar-refractivity contribution in [2.24, 2.45) is 16.7 Å². The van der Waals surface area contributed by atoms with Crippen molar-refractivity contribution in [1.82, 2.24) is 5.32 Å². The van der Waals surface area contributed by atoms with Gasteiger partial charge in [-0.3, -0.25) is 9.59 Å². The third kappa shape index (κ3) is 8.04. The van der Waals surface area contributed by atoms with Crippen LogP contribution < -0.4 is 5.32 Å². The molecule has 0 aromatic heterocycles. The number of amides is 1. The number of esters is 4. The van der Waals surface area contributed by atoms with Crippen LogP contribution in [0.2, 0.25) is 0 Å². The Morgan fingerprint density at radius 3 is 2.03 bits per heavy atom. The fourth-order valence-corrected chi connectivity index (χ4v) is 10.0. The van der Waals surface area contributed by atoms with Crippen molar-refractivity contribution in [3.63, 3.8) is 0 Å². The molecule has 1 amide bonds. The predicted molar refractivity (Wildman–Crippen MR) is 214 cm³/mol. The first-order valence-corrected chi connectivity index (χ1v) is 20.4. The third-order valence-electron chi connectivity index (χ3n) is 13.1. The monoisotopic (exact) mass is 851 g/mol. The number of nitrogens with one attached hydrogen (secondary N) is 1. The molecule has 2 saturated carbocycles. The lowest BCUT2D eigenvalue weighted by Crippen LogP contribution is -2.82. The number of rotatable bonds is 9. The molecule has 3 aliphatic carbocycles. The number of aliphatic hydroxyl groups is 4. The molecule has 2 bridgehead atoms. The van der Waals surface area contributed by atoms with E-state index < -0.39 is 119 Å². The van der Waals surface area contributed by atoms with Gasteiger partial charge in [-0.25, -0.2) is 14.4 Å². The van der Waals surface area contributed by atoms with Gasteiger partial charge in [0.2, 0.25) is 0 Å². The quantitative estimate of drug-likeness (QED) is 0.138. The first-order chi connectivity index (χ1) is 28.4. The second kappa shape index (κ2) is 16.4. The lowest BCUT2D eigenvalue weighted by atomic mass is 9.44. The van der Waals surface area contributed by atoms with E-state index in [1.54, 1.807) is 90.1 Å². The molecule has 0 spiro atoms. The number of hydrogen-bond donors (Lipinski definition) is 5. The Balaban J connectivity index is 1.53. The zero-order valence-electron chi connectivity index (χ0n) is 35.9. The lowest BCUT2D eigenvalue weighted by molar-refractivity contribution is -0.365. The van der Waals surface area contributed by atoms with Crippen LogP contribution in [-0.2, 0) is 42.8 Å². The number of hydrogen-bond acceptors (Lipinski definition) is 15. The van der Waals surface area contributed by atoms with Crippen molar-refractivity contribution in [1.29, 1.82) is 0 Å². The van der Waals surface area contributed by atoms with Gasteiger partial charge in [-0.1, -0.05) is 69.3 Å². The lowest BCUT2D eigenvalue weighted by Gasteiger charge is -2.69. The summed E-state index contributed by atoms with van der Waals surface area (Å²) in [6, 6.07) is 14.7. The van der Waals surface area contributed by atoms with Crippen LogP contribution >= 0.6 is 0 Å². The van der Waals surface area contributed by atoms with E-state index >= 15 is 0 Å². The number of carbonyl (C=O) groups is 5. The number of carbonyl (C=O) groups excluding carboxylic acids is 5. The Bertz CT molecular complexity index is 2050. The first-order valence-electron chi connectivity index (χ1n) is 20.4. The first kappa shape index (κ1) is 45.7. The average Bonchev–Trinajstić information content (AvgIpc) is 3.17. The SMILES string of the molecule is CC(=O)O[C@@H]1C2=C(C)[C@@H](OC(=O)[C@H](O)[C@@H](NC(=O)OC(C)(C)C)c3ccccc3)C[C@@](O)([C@@H](OC(=O)c3ccccc3)[C@@H]3[C@]4(OC(C)=O)CO[C@@H]4C[C@H](O)[C@@]3(C)[C@H]1O)C2(C)C. The van der Waals surface area contributed by atoms with Crippen LogP contribution in [0, 0.1) is 16.7 Å². The van der Waals surface area contributed by atoms with E-state index in [1.807, 2.05) is 0 Å². The minimum absolute atomic E-state index is 0.0867. The van der Waals surface area contributed by atoms with Crippen molar-refractivity contribution in [2.75, 3.05) is 6.61 Å². The van der Waals surface area contributed by atoms with E-state index in [-0.39, 0.29) is 29.7 Å². The molecule has 5 N–H and O–H groups in total. The zero-order chi connectivity index (χ0) is 45.0. The molecule has 2 aromatic carbocycles. The maximum absolute atomic E-state index is 14.3. The largest absolute Gasteiger partial charge is 0.456 e. The van der Waals surface area contributed by atoms with Gasteiger partial charge in [0.25, 0.3) is 0 Å². The summed E-state index contributed by atoms with van der Waals surface area (Å²) in [4.78, 5) is 67.5. The van der Waals surface area contributed by atoms with Crippen molar-refractivity contribution in [3.05, 3.63) is 82.9 Å². The van der Waals surface area contributed by atoms with Gasteiger partial charge in [0, 0.05) is 37.5 Å². The molecular weight excluding hydrogens is 794 g/mol. The number of benzene rings is 2. The Morgan fingerprint density at radius 2 is 1.49 bits per heavy atom. The number of fused-ring (bicyclic) bond motifs is 5. The molecule has 2 aromatic rings. The summed E-state index contributed by atoms with van der Waals surface area (Å²) in [5.74, 6) is -5.20. The highest BCUT2D eigenvalue weighted by atomic mass is 16.6. The van der Waals surface area contributed by atoms with Gasteiger partial charge >= 0.3 is 30.0 Å². The summed E-state index contributed by atoms with van der Waals surface area (Å²) in [5, 5.41) is 52.8. The van der Waals surface area contributed by atoms with E-state index in [4.69, 9.17) is 28.4 Å². The van der Waals surface area contributed by atoms with Crippen LogP contribution in [0.5, 0.6) is 0 Å². The normalized spacial score (nSPS) is 33.7.